The van der Waals surface area contributed by atoms with E-state index in [1.165, 1.54) is 0 Å². The van der Waals surface area contributed by atoms with Crippen LogP contribution < -0.4 is 11.1 Å². The number of aromatic nitrogens is 1. The first-order valence-electron chi connectivity index (χ1n) is 7.57. The zero-order valence-electron chi connectivity index (χ0n) is 12.0. The Morgan fingerprint density at radius 1 is 1.29 bits per heavy atom. The van der Waals surface area contributed by atoms with Gasteiger partial charge in [0, 0.05) is 18.3 Å². The van der Waals surface area contributed by atoms with Crippen LogP contribution in [0.1, 0.15) is 55.1 Å². The van der Waals surface area contributed by atoms with Crippen molar-refractivity contribution >= 4 is 17.6 Å². The Hall–Kier alpha value is -1.98. The first-order valence-corrected chi connectivity index (χ1v) is 7.57. The molecule has 1 heterocycles. The average molecular weight is 291 g/mol. The lowest BCUT2D eigenvalue weighted by molar-refractivity contribution is -0.124. The second-order valence-corrected chi connectivity index (χ2v) is 5.92. The summed E-state index contributed by atoms with van der Waals surface area (Å²) < 4.78 is 6.96. The van der Waals surface area contributed by atoms with E-state index in [4.69, 9.17) is 10.5 Å². The van der Waals surface area contributed by atoms with E-state index in [1.54, 1.807) is 12.3 Å². The van der Waals surface area contributed by atoms with Crippen LogP contribution in [0.2, 0.25) is 0 Å². The second kappa shape index (κ2) is 5.79. The predicted molar refractivity (Wildman–Crippen MR) is 77.8 cm³/mol. The monoisotopic (exact) mass is 291 g/mol. The molecular formula is C15H21N3O3. The molecule has 0 saturated heterocycles. The van der Waals surface area contributed by atoms with Crippen molar-refractivity contribution in [3.8, 4) is 0 Å². The quantitative estimate of drug-likeness (QED) is 0.807. The summed E-state index contributed by atoms with van der Waals surface area (Å²) in [5.74, 6) is -0.715. The number of carbonyl (C=O) groups excluding carboxylic acids is 2. The highest BCUT2D eigenvalue weighted by atomic mass is 16.5. The molecule has 0 bridgehead atoms. The number of esters is 1. The summed E-state index contributed by atoms with van der Waals surface area (Å²) in [6.07, 6.45) is 8.19. The normalized spacial score (nSPS) is 18.7. The molecule has 1 aromatic rings. The van der Waals surface area contributed by atoms with Crippen molar-refractivity contribution in [1.82, 2.24) is 9.88 Å². The predicted octanol–water partition coefficient (Wildman–Crippen LogP) is 1.62. The molecule has 1 aromatic heterocycles. The molecule has 2 aliphatic carbocycles. The zero-order chi connectivity index (χ0) is 14.8. The number of amides is 1. The molecule has 3 rings (SSSR count). The standard InChI is InChI=1S/C15H21N3O3/c16-10-7-13(18(8-10)12-5-6-12)15(20)21-9-14(19)17-11-3-1-2-4-11/h7-8,11-12H,1-6,9,16H2,(H,17,19). The highest BCUT2D eigenvalue weighted by molar-refractivity contribution is 5.91. The topological polar surface area (TPSA) is 86.4 Å². The molecule has 0 spiro atoms. The third kappa shape index (κ3) is 3.37. The zero-order valence-corrected chi connectivity index (χ0v) is 12.0. The van der Waals surface area contributed by atoms with Gasteiger partial charge in [-0.15, -0.1) is 0 Å². The third-order valence-corrected chi connectivity index (χ3v) is 4.07. The molecule has 0 unspecified atom stereocenters. The Kier molecular flexibility index (Phi) is 3.86. The van der Waals surface area contributed by atoms with E-state index in [0.717, 1.165) is 38.5 Å². The van der Waals surface area contributed by atoms with Gasteiger partial charge in [0.1, 0.15) is 5.69 Å². The lowest BCUT2D eigenvalue weighted by atomic mass is 10.2. The van der Waals surface area contributed by atoms with Crippen molar-refractivity contribution in [2.45, 2.75) is 50.6 Å². The van der Waals surface area contributed by atoms with Crippen LogP contribution in [0, 0.1) is 0 Å². The number of hydrogen-bond donors (Lipinski definition) is 2. The van der Waals surface area contributed by atoms with E-state index in [9.17, 15) is 9.59 Å². The van der Waals surface area contributed by atoms with E-state index >= 15 is 0 Å². The molecular weight excluding hydrogens is 270 g/mol. The summed E-state index contributed by atoms with van der Waals surface area (Å²) >= 11 is 0. The van der Waals surface area contributed by atoms with Crippen molar-refractivity contribution in [1.29, 1.82) is 0 Å². The molecule has 114 valence electrons. The Bertz CT molecular complexity index is 542. The Labute approximate surface area is 123 Å². The van der Waals surface area contributed by atoms with Gasteiger partial charge >= 0.3 is 5.97 Å². The van der Waals surface area contributed by atoms with Crippen LogP contribution in [0.25, 0.3) is 0 Å². The van der Waals surface area contributed by atoms with Crippen molar-refractivity contribution in [2.24, 2.45) is 0 Å². The summed E-state index contributed by atoms with van der Waals surface area (Å²) in [6.45, 7) is -0.231. The molecule has 6 heteroatoms. The molecule has 1 amide bonds. The number of carbonyl (C=O) groups is 2. The average Bonchev–Trinajstić information content (AvgIpc) is 3.04. The van der Waals surface area contributed by atoms with Gasteiger partial charge in [-0.25, -0.2) is 4.79 Å². The number of nitrogens with one attached hydrogen (secondary N) is 1. The fourth-order valence-electron chi connectivity index (χ4n) is 2.86. The molecule has 3 N–H and O–H groups in total. The molecule has 2 saturated carbocycles. The van der Waals surface area contributed by atoms with Crippen LogP contribution in [0.3, 0.4) is 0 Å². The highest BCUT2D eigenvalue weighted by Crippen LogP contribution is 2.37. The minimum Gasteiger partial charge on any atom is -0.451 e. The molecule has 2 fully saturated rings. The Morgan fingerprint density at radius 3 is 2.67 bits per heavy atom. The van der Waals surface area contributed by atoms with Gasteiger partial charge in [0.15, 0.2) is 6.61 Å². The molecule has 21 heavy (non-hydrogen) atoms. The van der Waals surface area contributed by atoms with E-state index in [2.05, 4.69) is 5.32 Å². The lowest BCUT2D eigenvalue weighted by Gasteiger charge is -2.12. The van der Waals surface area contributed by atoms with E-state index in [0.29, 0.717) is 17.4 Å². The van der Waals surface area contributed by atoms with Crippen LogP contribution >= 0.6 is 0 Å². The Balaban J connectivity index is 1.52. The summed E-state index contributed by atoms with van der Waals surface area (Å²) in [5, 5.41) is 2.89. The van der Waals surface area contributed by atoms with Crippen molar-refractivity contribution in [3.63, 3.8) is 0 Å². The molecule has 0 aromatic carbocycles. The van der Waals surface area contributed by atoms with E-state index in [1.807, 2.05) is 4.57 Å². The smallest absolute Gasteiger partial charge is 0.355 e. The number of nitrogen functional groups attached to an aromatic ring is 1. The molecule has 2 aliphatic rings. The van der Waals surface area contributed by atoms with Gasteiger partial charge < -0.3 is 20.4 Å². The van der Waals surface area contributed by atoms with Gasteiger partial charge in [-0.05, 0) is 31.7 Å². The van der Waals surface area contributed by atoms with Crippen LogP contribution in [-0.4, -0.2) is 29.1 Å². The minimum absolute atomic E-state index is 0.229. The lowest BCUT2D eigenvalue weighted by Crippen LogP contribution is -2.36. The second-order valence-electron chi connectivity index (χ2n) is 5.92. The fraction of sp³-hybridized carbons (Fsp3) is 0.600. The molecule has 0 aliphatic heterocycles. The third-order valence-electron chi connectivity index (χ3n) is 4.07. The van der Waals surface area contributed by atoms with E-state index < -0.39 is 5.97 Å². The van der Waals surface area contributed by atoms with Crippen molar-refractivity contribution in [3.05, 3.63) is 18.0 Å². The number of hydrogen-bond acceptors (Lipinski definition) is 4. The number of rotatable bonds is 5. The number of nitrogens with zero attached hydrogens (tertiary/aromatic N) is 1. The number of nitrogens with two attached hydrogens (primary N) is 1. The summed E-state index contributed by atoms with van der Waals surface area (Å²) in [5.41, 5.74) is 6.72. The maximum absolute atomic E-state index is 12.1. The Morgan fingerprint density at radius 2 is 2.00 bits per heavy atom. The fourth-order valence-corrected chi connectivity index (χ4v) is 2.86. The van der Waals surface area contributed by atoms with Gasteiger partial charge in [0.25, 0.3) is 5.91 Å². The van der Waals surface area contributed by atoms with Gasteiger partial charge in [-0.3, -0.25) is 4.79 Å². The van der Waals surface area contributed by atoms with Crippen LogP contribution in [0.15, 0.2) is 12.3 Å². The molecule has 0 atom stereocenters. The summed E-state index contributed by atoms with van der Waals surface area (Å²) in [6, 6.07) is 2.19. The largest absolute Gasteiger partial charge is 0.451 e. The number of ether oxygens (including phenoxy) is 1. The first-order chi connectivity index (χ1) is 10.1. The molecule has 0 radical (unpaired) electrons. The number of anilines is 1. The first kappa shape index (κ1) is 14.0. The van der Waals surface area contributed by atoms with Gasteiger partial charge in [0.2, 0.25) is 0 Å². The maximum atomic E-state index is 12.1. The summed E-state index contributed by atoms with van der Waals surface area (Å²) in [7, 11) is 0. The SMILES string of the molecule is Nc1cc(C(=O)OCC(=O)NC2CCCC2)n(C2CC2)c1. The van der Waals surface area contributed by atoms with E-state index in [-0.39, 0.29) is 18.6 Å². The van der Waals surface area contributed by atoms with Crippen LogP contribution in [0.5, 0.6) is 0 Å². The maximum Gasteiger partial charge on any atom is 0.355 e. The van der Waals surface area contributed by atoms with Crippen molar-refractivity contribution < 1.29 is 14.3 Å². The van der Waals surface area contributed by atoms with Crippen LogP contribution in [-0.2, 0) is 9.53 Å². The van der Waals surface area contributed by atoms with Gasteiger partial charge in [0.05, 0.1) is 5.69 Å². The minimum atomic E-state index is -0.486. The van der Waals surface area contributed by atoms with Crippen LogP contribution in [0.4, 0.5) is 5.69 Å². The van der Waals surface area contributed by atoms with Crippen molar-refractivity contribution in [2.75, 3.05) is 12.3 Å². The summed E-state index contributed by atoms with van der Waals surface area (Å²) in [4.78, 5) is 23.8. The van der Waals surface area contributed by atoms with Gasteiger partial charge in [-0.2, -0.15) is 0 Å². The molecule has 6 nitrogen and oxygen atoms in total. The highest BCUT2D eigenvalue weighted by Gasteiger charge is 2.28. The van der Waals surface area contributed by atoms with Gasteiger partial charge in [-0.1, -0.05) is 12.8 Å².